The molecule has 0 aliphatic heterocycles. The fraction of sp³-hybridized carbons (Fsp3) is 0.111. The summed E-state index contributed by atoms with van der Waals surface area (Å²) in [5.74, 6) is -1.02. The molecule has 13 heavy (non-hydrogen) atoms. The number of ketones is 1. The molecular weight excluding hydrogens is 239 g/mol. The highest BCUT2D eigenvalue weighted by Crippen LogP contribution is 2.20. The van der Waals surface area contributed by atoms with E-state index in [4.69, 9.17) is 0 Å². The van der Waals surface area contributed by atoms with Gasteiger partial charge in [0.1, 0.15) is 5.82 Å². The number of aldehydes is 1. The SMILES string of the molecule is CC(=O)c1cc(C=O)c(Br)cc1F. The van der Waals surface area contributed by atoms with E-state index in [1.165, 1.54) is 13.0 Å². The van der Waals surface area contributed by atoms with Gasteiger partial charge < -0.3 is 0 Å². The van der Waals surface area contributed by atoms with Gasteiger partial charge >= 0.3 is 0 Å². The molecule has 0 N–H and O–H groups in total. The van der Waals surface area contributed by atoms with Crippen LogP contribution in [-0.4, -0.2) is 12.1 Å². The molecule has 0 atom stereocenters. The summed E-state index contributed by atoms with van der Waals surface area (Å²) in [5.41, 5.74) is 0.205. The molecule has 0 amide bonds. The van der Waals surface area contributed by atoms with E-state index < -0.39 is 11.6 Å². The number of benzene rings is 1. The first kappa shape index (κ1) is 10.1. The molecule has 0 spiro atoms. The third kappa shape index (κ3) is 2.01. The van der Waals surface area contributed by atoms with Crippen molar-refractivity contribution in [2.75, 3.05) is 0 Å². The van der Waals surface area contributed by atoms with E-state index in [9.17, 15) is 14.0 Å². The number of carbonyl (C=O) groups excluding carboxylic acids is 2. The Bertz CT molecular complexity index is 374. The number of Topliss-reactive ketones (excluding diaryl/α,β-unsaturated/α-hetero) is 1. The van der Waals surface area contributed by atoms with E-state index in [1.807, 2.05) is 0 Å². The van der Waals surface area contributed by atoms with Crippen molar-refractivity contribution in [2.45, 2.75) is 6.92 Å². The summed E-state index contributed by atoms with van der Waals surface area (Å²) in [6.45, 7) is 1.25. The maximum atomic E-state index is 13.1. The van der Waals surface area contributed by atoms with E-state index >= 15 is 0 Å². The van der Waals surface area contributed by atoms with Crippen LogP contribution in [0.3, 0.4) is 0 Å². The van der Waals surface area contributed by atoms with Crippen LogP contribution in [0.25, 0.3) is 0 Å². The predicted octanol–water partition coefficient (Wildman–Crippen LogP) is 2.60. The normalized spacial score (nSPS) is 9.77. The summed E-state index contributed by atoms with van der Waals surface area (Å²) in [4.78, 5) is 21.3. The van der Waals surface area contributed by atoms with Gasteiger partial charge in [-0.05, 0) is 35.0 Å². The van der Waals surface area contributed by atoms with Crippen molar-refractivity contribution in [1.29, 1.82) is 0 Å². The van der Waals surface area contributed by atoms with Crippen LogP contribution < -0.4 is 0 Å². The van der Waals surface area contributed by atoms with Crippen molar-refractivity contribution < 1.29 is 14.0 Å². The molecule has 0 fully saturated rings. The van der Waals surface area contributed by atoms with Gasteiger partial charge in [-0.2, -0.15) is 0 Å². The van der Waals surface area contributed by atoms with Gasteiger partial charge in [-0.25, -0.2) is 4.39 Å². The van der Waals surface area contributed by atoms with Crippen molar-refractivity contribution in [1.82, 2.24) is 0 Å². The molecule has 0 aromatic heterocycles. The Hall–Kier alpha value is -1.03. The quantitative estimate of drug-likeness (QED) is 0.592. The van der Waals surface area contributed by atoms with Gasteiger partial charge in [-0.1, -0.05) is 0 Å². The van der Waals surface area contributed by atoms with Gasteiger partial charge in [-0.3, -0.25) is 9.59 Å². The number of halogens is 2. The fourth-order valence-electron chi connectivity index (χ4n) is 0.926. The predicted molar refractivity (Wildman–Crippen MR) is 49.5 cm³/mol. The number of hydrogen-bond donors (Lipinski definition) is 0. The Morgan fingerprint density at radius 2 is 2.15 bits per heavy atom. The lowest BCUT2D eigenvalue weighted by Gasteiger charge is -2.01. The zero-order valence-electron chi connectivity index (χ0n) is 6.80. The first-order valence-corrected chi connectivity index (χ1v) is 4.30. The topological polar surface area (TPSA) is 34.1 Å². The zero-order chi connectivity index (χ0) is 10.0. The highest BCUT2D eigenvalue weighted by Gasteiger charge is 2.10. The molecule has 4 heteroatoms. The minimum absolute atomic E-state index is 0.0645. The Morgan fingerprint density at radius 1 is 1.54 bits per heavy atom. The molecule has 1 aromatic rings. The highest BCUT2D eigenvalue weighted by molar-refractivity contribution is 9.10. The molecule has 68 valence electrons. The molecule has 0 heterocycles. The van der Waals surface area contributed by atoms with Crippen molar-refractivity contribution >= 4 is 28.0 Å². The third-order valence-electron chi connectivity index (χ3n) is 1.59. The van der Waals surface area contributed by atoms with E-state index in [0.29, 0.717) is 10.8 Å². The molecule has 0 saturated heterocycles. The van der Waals surface area contributed by atoms with Crippen molar-refractivity contribution in [3.63, 3.8) is 0 Å². The van der Waals surface area contributed by atoms with Crippen LogP contribution in [0.15, 0.2) is 16.6 Å². The van der Waals surface area contributed by atoms with Crippen LogP contribution in [0.1, 0.15) is 27.6 Å². The molecule has 0 saturated carbocycles. The Labute approximate surface area is 82.9 Å². The summed E-state index contributed by atoms with van der Waals surface area (Å²) >= 11 is 3.01. The lowest BCUT2D eigenvalue weighted by Crippen LogP contribution is -1.99. The van der Waals surface area contributed by atoms with Gasteiger partial charge in [0.15, 0.2) is 12.1 Å². The standard InChI is InChI=1S/C9H6BrFO2/c1-5(13)7-2-6(4-12)8(10)3-9(7)11/h2-4H,1H3. The maximum absolute atomic E-state index is 13.1. The molecule has 0 unspecified atom stereocenters. The monoisotopic (exact) mass is 244 g/mol. The Morgan fingerprint density at radius 3 is 2.62 bits per heavy atom. The second-order valence-electron chi connectivity index (χ2n) is 2.53. The van der Waals surface area contributed by atoms with Crippen LogP contribution in [-0.2, 0) is 0 Å². The van der Waals surface area contributed by atoms with E-state index in [0.717, 1.165) is 6.07 Å². The Balaban J connectivity index is 3.38. The molecule has 2 nitrogen and oxygen atoms in total. The second-order valence-corrected chi connectivity index (χ2v) is 3.38. The van der Waals surface area contributed by atoms with Crippen LogP contribution in [0.5, 0.6) is 0 Å². The van der Waals surface area contributed by atoms with Crippen LogP contribution >= 0.6 is 15.9 Å². The van der Waals surface area contributed by atoms with E-state index in [-0.39, 0.29) is 11.1 Å². The van der Waals surface area contributed by atoms with Gasteiger partial charge in [0.2, 0.25) is 0 Å². The fourth-order valence-corrected chi connectivity index (χ4v) is 1.33. The molecule has 0 aliphatic rings. The van der Waals surface area contributed by atoms with Gasteiger partial charge in [0.25, 0.3) is 0 Å². The summed E-state index contributed by atoms with van der Waals surface area (Å²) in [7, 11) is 0. The first-order valence-electron chi connectivity index (χ1n) is 3.51. The van der Waals surface area contributed by atoms with E-state index in [1.54, 1.807) is 0 Å². The van der Waals surface area contributed by atoms with Crippen molar-refractivity contribution in [3.05, 3.63) is 33.5 Å². The van der Waals surface area contributed by atoms with Crippen molar-refractivity contribution in [3.8, 4) is 0 Å². The Kier molecular flexibility index (Phi) is 2.93. The first-order chi connectivity index (χ1) is 6.06. The van der Waals surface area contributed by atoms with Crippen molar-refractivity contribution in [2.24, 2.45) is 0 Å². The molecule has 1 aromatic carbocycles. The number of carbonyl (C=O) groups is 2. The van der Waals surface area contributed by atoms with Gasteiger partial charge in [-0.15, -0.1) is 0 Å². The van der Waals surface area contributed by atoms with Gasteiger partial charge in [0.05, 0.1) is 5.56 Å². The van der Waals surface area contributed by atoms with Crippen LogP contribution in [0.4, 0.5) is 4.39 Å². The van der Waals surface area contributed by atoms with Gasteiger partial charge in [0, 0.05) is 10.0 Å². The number of hydrogen-bond acceptors (Lipinski definition) is 2. The van der Waals surface area contributed by atoms with Crippen LogP contribution in [0, 0.1) is 5.82 Å². The second kappa shape index (κ2) is 3.79. The largest absolute Gasteiger partial charge is 0.298 e. The average molecular weight is 245 g/mol. The summed E-state index contributed by atoms with van der Waals surface area (Å²) in [6.07, 6.45) is 0.565. The molecule has 0 radical (unpaired) electrons. The molecule has 0 bridgehead atoms. The molecule has 1 rings (SSSR count). The maximum Gasteiger partial charge on any atom is 0.162 e. The minimum Gasteiger partial charge on any atom is -0.298 e. The third-order valence-corrected chi connectivity index (χ3v) is 2.28. The number of rotatable bonds is 2. The minimum atomic E-state index is -0.620. The lowest BCUT2D eigenvalue weighted by atomic mass is 10.1. The van der Waals surface area contributed by atoms with E-state index in [2.05, 4.69) is 15.9 Å². The van der Waals surface area contributed by atoms with Crippen LogP contribution in [0.2, 0.25) is 0 Å². The lowest BCUT2D eigenvalue weighted by molar-refractivity contribution is 0.101. The molecule has 0 aliphatic carbocycles. The zero-order valence-corrected chi connectivity index (χ0v) is 8.39. The summed E-state index contributed by atoms with van der Waals surface area (Å²) in [6, 6.07) is 2.34. The average Bonchev–Trinajstić information content (AvgIpc) is 2.03. The molecular formula is C9H6BrFO2. The summed E-state index contributed by atoms with van der Waals surface area (Å²) < 4.78 is 13.4. The smallest absolute Gasteiger partial charge is 0.162 e. The highest BCUT2D eigenvalue weighted by atomic mass is 79.9. The summed E-state index contributed by atoms with van der Waals surface area (Å²) in [5, 5.41) is 0.